The Morgan fingerprint density at radius 2 is 1.35 bits per heavy atom. The van der Waals surface area contributed by atoms with Crippen molar-refractivity contribution in [3.63, 3.8) is 0 Å². The van der Waals surface area contributed by atoms with Crippen molar-refractivity contribution < 1.29 is 4.42 Å². The SMILES string of the molecule is c1cc(-c2cccc(-n3c4ccccc4c4c5sc6ccccc6c5ccc43)c2)cc(-c2cnc3c(n2)oc2ccc4c(C5CCCCC5)cccc4c23)c1. The Bertz CT molecular complexity index is 3320. The van der Waals surface area contributed by atoms with Crippen molar-refractivity contribution in [2.75, 3.05) is 0 Å². The maximum absolute atomic E-state index is 6.42. The highest BCUT2D eigenvalue weighted by Crippen LogP contribution is 2.44. The molecule has 4 nitrogen and oxygen atoms in total. The van der Waals surface area contributed by atoms with Crippen LogP contribution in [0.5, 0.6) is 0 Å². The van der Waals surface area contributed by atoms with Gasteiger partial charge in [0.2, 0.25) is 5.71 Å². The summed E-state index contributed by atoms with van der Waals surface area (Å²) in [5, 5.41) is 8.83. The van der Waals surface area contributed by atoms with E-state index in [2.05, 4.69) is 144 Å². The van der Waals surface area contributed by atoms with Crippen molar-refractivity contribution in [1.29, 1.82) is 0 Å². The van der Waals surface area contributed by atoms with Crippen LogP contribution in [0.3, 0.4) is 0 Å². The summed E-state index contributed by atoms with van der Waals surface area (Å²) in [6.45, 7) is 0. The van der Waals surface area contributed by atoms with Crippen LogP contribution < -0.4 is 0 Å². The fourth-order valence-corrected chi connectivity index (χ4v) is 10.8. The molecule has 0 N–H and O–H groups in total. The average Bonchev–Trinajstić information content (AvgIpc) is 3.93. The number of para-hydroxylation sites is 1. The van der Waals surface area contributed by atoms with Crippen LogP contribution in [-0.4, -0.2) is 14.5 Å². The van der Waals surface area contributed by atoms with Crippen LogP contribution in [0, 0.1) is 0 Å². The van der Waals surface area contributed by atoms with Crippen LogP contribution in [-0.2, 0) is 0 Å². The number of fused-ring (bicyclic) bond motifs is 12. The number of hydrogen-bond donors (Lipinski definition) is 0. The van der Waals surface area contributed by atoms with E-state index in [1.807, 2.05) is 17.5 Å². The third kappa shape index (κ3) is 4.76. The van der Waals surface area contributed by atoms with Crippen LogP contribution >= 0.6 is 11.3 Å². The molecule has 0 spiro atoms. The fraction of sp³-hybridized carbons (Fsp3) is 0.120. The van der Waals surface area contributed by atoms with Crippen LogP contribution in [0.15, 0.2) is 150 Å². The summed E-state index contributed by atoms with van der Waals surface area (Å²) in [5.41, 5.74) is 11.3. The lowest BCUT2D eigenvalue weighted by atomic mass is 9.82. The van der Waals surface area contributed by atoms with Gasteiger partial charge in [-0.25, -0.2) is 9.97 Å². The van der Waals surface area contributed by atoms with Gasteiger partial charge >= 0.3 is 0 Å². The zero-order valence-corrected chi connectivity index (χ0v) is 30.9. The van der Waals surface area contributed by atoms with Gasteiger partial charge in [0.1, 0.15) is 11.1 Å². The number of aromatic nitrogens is 3. The van der Waals surface area contributed by atoms with Crippen molar-refractivity contribution in [3.8, 4) is 28.1 Å². The summed E-state index contributed by atoms with van der Waals surface area (Å²) in [5.74, 6) is 0.624. The standard InChI is InChI=1S/C50H35N3OS/c1-2-11-30(12-3-1)35-19-10-20-38-36(35)24-26-44-47(38)48-50(54-44)52-41(29-51-48)33-15-8-13-31(27-33)32-14-9-16-34(28-32)53-42-21-6-4-18-40(42)46-43(53)25-23-39-37-17-5-7-22-45(37)55-49(39)46/h4-10,13-30H,1-3,11-12H2. The first kappa shape index (κ1) is 31.1. The summed E-state index contributed by atoms with van der Waals surface area (Å²) in [4.78, 5) is 10.1. The predicted octanol–water partition coefficient (Wildman–Crippen LogP) is 14.4. The largest absolute Gasteiger partial charge is 0.436 e. The van der Waals surface area contributed by atoms with E-state index < -0.39 is 0 Å². The van der Waals surface area contributed by atoms with Gasteiger partial charge in [-0.3, -0.25) is 0 Å². The first-order chi connectivity index (χ1) is 27.3. The lowest BCUT2D eigenvalue weighted by molar-refractivity contribution is 0.445. The van der Waals surface area contributed by atoms with Crippen LogP contribution in [0.25, 0.3) is 103 Å². The number of rotatable bonds is 4. The first-order valence-corrected chi connectivity index (χ1v) is 20.2. The van der Waals surface area contributed by atoms with Gasteiger partial charge < -0.3 is 8.98 Å². The molecule has 1 aliphatic carbocycles. The van der Waals surface area contributed by atoms with E-state index in [1.165, 1.54) is 90.4 Å². The second-order valence-corrected chi connectivity index (χ2v) is 16.2. The van der Waals surface area contributed by atoms with Crippen molar-refractivity contribution in [1.82, 2.24) is 14.5 Å². The van der Waals surface area contributed by atoms with Crippen molar-refractivity contribution in [2.45, 2.75) is 38.0 Å². The Labute approximate surface area is 321 Å². The smallest absolute Gasteiger partial charge is 0.246 e. The number of benzene rings is 7. The number of hydrogen-bond acceptors (Lipinski definition) is 4. The van der Waals surface area contributed by atoms with E-state index in [0.29, 0.717) is 11.6 Å². The van der Waals surface area contributed by atoms with Crippen molar-refractivity contribution in [3.05, 3.63) is 151 Å². The second kappa shape index (κ2) is 12.1. The Morgan fingerprint density at radius 1 is 0.582 bits per heavy atom. The molecule has 1 saturated carbocycles. The molecule has 262 valence electrons. The topological polar surface area (TPSA) is 43.9 Å². The Hall–Kier alpha value is -6.30. The van der Waals surface area contributed by atoms with Gasteiger partial charge in [0.25, 0.3) is 0 Å². The molecular formula is C50H35N3OS. The molecule has 4 heterocycles. The number of thiophene rings is 1. The van der Waals surface area contributed by atoms with Gasteiger partial charge in [-0.15, -0.1) is 11.3 Å². The van der Waals surface area contributed by atoms with Crippen molar-refractivity contribution in [2.24, 2.45) is 0 Å². The lowest BCUT2D eigenvalue weighted by Crippen LogP contribution is -2.04. The zero-order valence-electron chi connectivity index (χ0n) is 30.1. The molecule has 0 unspecified atom stereocenters. The molecule has 1 fully saturated rings. The quantitative estimate of drug-likeness (QED) is 0.181. The molecule has 7 aromatic carbocycles. The normalized spacial score (nSPS) is 14.1. The monoisotopic (exact) mass is 725 g/mol. The average molecular weight is 726 g/mol. The van der Waals surface area contributed by atoms with E-state index >= 15 is 0 Å². The van der Waals surface area contributed by atoms with E-state index in [4.69, 9.17) is 14.4 Å². The highest BCUT2D eigenvalue weighted by molar-refractivity contribution is 7.26. The molecule has 0 aliphatic heterocycles. The second-order valence-electron chi connectivity index (χ2n) is 15.1. The molecule has 11 aromatic rings. The summed E-state index contributed by atoms with van der Waals surface area (Å²) < 4.78 is 11.5. The third-order valence-electron chi connectivity index (χ3n) is 12.1. The molecule has 0 saturated heterocycles. The molecule has 1 aliphatic rings. The van der Waals surface area contributed by atoms with Crippen LogP contribution in [0.1, 0.15) is 43.6 Å². The molecular weight excluding hydrogens is 691 g/mol. The van der Waals surface area contributed by atoms with E-state index in [1.54, 1.807) is 0 Å². The number of furan rings is 1. The summed E-state index contributed by atoms with van der Waals surface area (Å²) in [6, 6.07) is 50.8. The fourth-order valence-electron chi connectivity index (χ4n) is 9.51. The highest BCUT2D eigenvalue weighted by atomic mass is 32.1. The van der Waals surface area contributed by atoms with Crippen LogP contribution in [0.4, 0.5) is 0 Å². The molecule has 12 rings (SSSR count). The molecule has 5 heteroatoms. The minimum absolute atomic E-state index is 0.578. The summed E-state index contributed by atoms with van der Waals surface area (Å²) in [7, 11) is 0. The molecule has 0 radical (unpaired) electrons. The Balaban J connectivity index is 0.948. The first-order valence-electron chi connectivity index (χ1n) is 19.4. The van der Waals surface area contributed by atoms with Gasteiger partial charge in [-0.2, -0.15) is 0 Å². The Kier molecular flexibility index (Phi) is 6.84. The minimum Gasteiger partial charge on any atom is -0.436 e. The van der Waals surface area contributed by atoms with Gasteiger partial charge in [0.05, 0.1) is 28.3 Å². The van der Waals surface area contributed by atoms with Crippen LogP contribution in [0.2, 0.25) is 0 Å². The van der Waals surface area contributed by atoms with E-state index in [-0.39, 0.29) is 0 Å². The summed E-state index contributed by atoms with van der Waals surface area (Å²) >= 11 is 1.89. The molecule has 0 atom stereocenters. The highest BCUT2D eigenvalue weighted by Gasteiger charge is 2.21. The molecule has 4 aromatic heterocycles. The van der Waals surface area contributed by atoms with Gasteiger partial charge in [-0.05, 0) is 88.7 Å². The molecule has 0 bridgehead atoms. The van der Waals surface area contributed by atoms with E-state index in [9.17, 15) is 0 Å². The zero-order chi connectivity index (χ0) is 36.0. The maximum atomic E-state index is 6.42. The molecule has 55 heavy (non-hydrogen) atoms. The third-order valence-corrected chi connectivity index (χ3v) is 13.3. The Morgan fingerprint density at radius 3 is 2.27 bits per heavy atom. The minimum atomic E-state index is 0.578. The lowest BCUT2D eigenvalue weighted by Gasteiger charge is -2.23. The van der Waals surface area contributed by atoms with Gasteiger partial charge in [-0.1, -0.05) is 116 Å². The summed E-state index contributed by atoms with van der Waals surface area (Å²) in [6.07, 6.45) is 8.43. The van der Waals surface area contributed by atoms with Crippen molar-refractivity contribution >= 4 is 86.3 Å². The van der Waals surface area contributed by atoms with Gasteiger partial charge in [0.15, 0.2) is 0 Å². The predicted molar refractivity (Wildman–Crippen MR) is 231 cm³/mol. The maximum Gasteiger partial charge on any atom is 0.246 e. The number of nitrogens with zero attached hydrogens (tertiary/aromatic N) is 3. The van der Waals surface area contributed by atoms with Gasteiger partial charge in [0, 0.05) is 42.2 Å². The molecule has 0 amide bonds. The van der Waals surface area contributed by atoms with E-state index in [0.717, 1.165) is 44.6 Å².